The molecule has 31 heavy (non-hydrogen) atoms. The fraction of sp³-hybridized carbons (Fsp3) is 0.125. The first-order valence-electron chi connectivity index (χ1n) is 9.74. The van der Waals surface area contributed by atoms with Crippen LogP contribution in [0.4, 0.5) is 10.1 Å². The number of carbonyl (C=O) groups excluding carboxylic acids is 1. The van der Waals surface area contributed by atoms with Crippen molar-refractivity contribution in [3.63, 3.8) is 0 Å². The van der Waals surface area contributed by atoms with E-state index in [0.717, 1.165) is 11.3 Å². The second-order valence-corrected chi connectivity index (χ2v) is 7.25. The van der Waals surface area contributed by atoms with E-state index in [2.05, 4.69) is 15.5 Å². The molecular weight excluding hydrogens is 395 g/mol. The normalized spacial score (nSPS) is 10.7. The summed E-state index contributed by atoms with van der Waals surface area (Å²) in [5.41, 5.74) is 3.85. The highest BCUT2D eigenvalue weighted by atomic mass is 19.1. The van der Waals surface area contributed by atoms with E-state index in [4.69, 9.17) is 4.52 Å². The van der Waals surface area contributed by atoms with Gasteiger partial charge < -0.3 is 14.7 Å². The largest absolute Gasteiger partial charge is 0.378 e. The van der Waals surface area contributed by atoms with Gasteiger partial charge >= 0.3 is 0 Å². The number of rotatable bonds is 6. The van der Waals surface area contributed by atoms with Gasteiger partial charge in [0.15, 0.2) is 0 Å². The fourth-order valence-electron chi connectivity index (χ4n) is 3.05. The molecule has 6 nitrogen and oxygen atoms in total. The summed E-state index contributed by atoms with van der Waals surface area (Å²) < 4.78 is 18.7. The Kier molecular flexibility index (Phi) is 5.75. The predicted molar refractivity (Wildman–Crippen MR) is 117 cm³/mol. The van der Waals surface area contributed by atoms with Crippen molar-refractivity contribution in [2.45, 2.75) is 6.54 Å². The van der Waals surface area contributed by atoms with Crippen LogP contribution in [0.15, 0.2) is 77.3 Å². The average molecular weight is 416 g/mol. The Bertz CT molecular complexity index is 1180. The molecule has 7 heteroatoms. The molecule has 1 amide bonds. The Morgan fingerprint density at radius 1 is 1.00 bits per heavy atom. The van der Waals surface area contributed by atoms with E-state index in [0.29, 0.717) is 35.0 Å². The van der Waals surface area contributed by atoms with Crippen LogP contribution in [0.5, 0.6) is 0 Å². The van der Waals surface area contributed by atoms with Gasteiger partial charge in [-0.2, -0.15) is 4.98 Å². The lowest BCUT2D eigenvalue weighted by Crippen LogP contribution is -2.22. The van der Waals surface area contributed by atoms with E-state index in [1.807, 2.05) is 43.3 Å². The van der Waals surface area contributed by atoms with Crippen molar-refractivity contribution in [3.8, 4) is 22.8 Å². The van der Waals surface area contributed by atoms with Gasteiger partial charge in [-0.15, -0.1) is 0 Å². The smallest absolute Gasteiger partial charge is 0.258 e. The molecule has 0 spiro atoms. The van der Waals surface area contributed by atoms with E-state index >= 15 is 0 Å². The van der Waals surface area contributed by atoms with Crippen LogP contribution in [-0.2, 0) is 6.54 Å². The van der Waals surface area contributed by atoms with Crippen molar-refractivity contribution in [1.82, 2.24) is 15.5 Å². The number of amides is 1. The van der Waals surface area contributed by atoms with Gasteiger partial charge in [-0.25, -0.2) is 4.39 Å². The SMILES string of the molecule is CN(C)c1ccc(CNC(=O)c2ccc(-c3nc(-c4cccc(F)c4)no3)cc2)cc1. The number of hydrogen-bond acceptors (Lipinski definition) is 5. The Labute approximate surface area is 179 Å². The Hall–Kier alpha value is -4.00. The van der Waals surface area contributed by atoms with Gasteiger partial charge in [-0.05, 0) is 54.1 Å². The molecule has 1 N–H and O–H groups in total. The Morgan fingerprint density at radius 2 is 1.74 bits per heavy atom. The highest BCUT2D eigenvalue weighted by Gasteiger charge is 2.12. The molecule has 0 aliphatic rings. The number of carbonyl (C=O) groups is 1. The Morgan fingerprint density at radius 3 is 2.42 bits per heavy atom. The molecule has 0 unspecified atom stereocenters. The zero-order valence-corrected chi connectivity index (χ0v) is 17.2. The average Bonchev–Trinajstić information content (AvgIpc) is 3.28. The number of halogens is 1. The molecule has 4 aromatic rings. The molecule has 0 fully saturated rings. The topological polar surface area (TPSA) is 71.3 Å². The summed E-state index contributed by atoms with van der Waals surface area (Å²) in [6.07, 6.45) is 0. The molecule has 0 aliphatic heterocycles. The van der Waals surface area contributed by atoms with E-state index in [1.165, 1.54) is 12.1 Å². The summed E-state index contributed by atoms with van der Waals surface area (Å²) in [7, 11) is 3.97. The van der Waals surface area contributed by atoms with Gasteiger partial charge in [0.2, 0.25) is 5.82 Å². The molecular formula is C24H21FN4O2. The maximum absolute atomic E-state index is 13.4. The quantitative estimate of drug-likeness (QED) is 0.500. The van der Waals surface area contributed by atoms with Crippen molar-refractivity contribution in [2.24, 2.45) is 0 Å². The first-order valence-corrected chi connectivity index (χ1v) is 9.74. The Balaban J connectivity index is 1.40. The molecule has 0 aliphatic carbocycles. The minimum Gasteiger partial charge on any atom is -0.378 e. The third-order valence-electron chi connectivity index (χ3n) is 4.81. The van der Waals surface area contributed by atoms with E-state index in [-0.39, 0.29) is 11.7 Å². The lowest BCUT2D eigenvalue weighted by molar-refractivity contribution is 0.0951. The first-order chi connectivity index (χ1) is 15.0. The summed E-state index contributed by atoms with van der Waals surface area (Å²) in [6.45, 7) is 0.439. The van der Waals surface area contributed by atoms with Crippen LogP contribution in [-0.4, -0.2) is 30.1 Å². The molecule has 1 heterocycles. The zero-order chi connectivity index (χ0) is 21.8. The number of nitrogens with one attached hydrogen (secondary N) is 1. The van der Waals surface area contributed by atoms with Gasteiger partial charge in [0.1, 0.15) is 5.82 Å². The lowest BCUT2D eigenvalue weighted by Gasteiger charge is -2.13. The standard InChI is InChI=1S/C24H21FN4O2/c1-29(2)21-12-6-16(7-13-21)15-26-23(30)17-8-10-18(11-9-17)24-27-22(28-31-24)19-4-3-5-20(25)14-19/h3-14H,15H2,1-2H3,(H,26,30). The van der Waals surface area contributed by atoms with Gasteiger partial charge in [-0.3, -0.25) is 4.79 Å². The van der Waals surface area contributed by atoms with Crippen LogP contribution in [0.2, 0.25) is 0 Å². The van der Waals surface area contributed by atoms with Gasteiger partial charge in [0.05, 0.1) is 0 Å². The third kappa shape index (κ3) is 4.78. The second kappa shape index (κ2) is 8.79. The highest BCUT2D eigenvalue weighted by molar-refractivity contribution is 5.94. The molecule has 3 aromatic carbocycles. The minimum atomic E-state index is -0.368. The van der Waals surface area contributed by atoms with Crippen molar-refractivity contribution in [2.75, 3.05) is 19.0 Å². The third-order valence-corrected chi connectivity index (χ3v) is 4.81. The number of aromatic nitrogens is 2. The zero-order valence-electron chi connectivity index (χ0n) is 17.2. The van der Waals surface area contributed by atoms with Crippen LogP contribution < -0.4 is 10.2 Å². The molecule has 0 saturated heterocycles. The van der Waals surface area contributed by atoms with Gasteiger partial charge in [-0.1, -0.05) is 29.4 Å². The maximum atomic E-state index is 13.4. The summed E-state index contributed by atoms with van der Waals surface area (Å²) in [6, 6.07) is 20.9. The number of benzene rings is 3. The summed E-state index contributed by atoms with van der Waals surface area (Å²) in [5.74, 6) is 0.0610. The molecule has 0 atom stereocenters. The van der Waals surface area contributed by atoms with Crippen LogP contribution in [0.1, 0.15) is 15.9 Å². The van der Waals surface area contributed by atoms with Crippen LogP contribution >= 0.6 is 0 Å². The highest BCUT2D eigenvalue weighted by Crippen LogP contribution is 2.23. The summed E-state index contributed by atoms with van der Waals surface area (Å²) >= 11 is 0. The lowest BCUT2D eigenvalue weighted by atomic mass is 10.1. The number of anilines is 1. The molecule has 156 valence electrons. The van der Waals surface area contributed by atoms with Crippen molar-refractivity contribution >= 4 is 11.6 Å². The second-order valence-electron chi connectivity index (χ2n) is 7.25. The number of nitrogens with zero attached hydrogens (tertiary/aromatic N) is 3. The van der Waals surface area contributed by atoms with Crippen LogP contribution in [0.3, 0.4) is 0 Å². The van der Waals surface area contributed by atoms with Crippen molar-refractivity contribution < 1.29 is 13.7 Å². The monoisotopic (exact) mass is 416 g/mol. The van der Waals surface area contributed by atoms with Gasteiger partial charge in [0, 0.05) is 43.0 Å². The number of hydrogen-bond donors (Lipinski definition) is 1. The van der Waals surface area contributed by atoms with Gasteiger partial charge in [0.25, 0.3) is 11.8 Å². The molecule has 0 saturated carbocycles. The molecule has 0 radical (unpaired) electrons. The summed E-state index contributed by atoms with van der Waals surface area (Å²) in [5, 5.41) is 6.82. The minimum absolute atomic E-state index is 0.172. The van der Waals surface area contributed by atoms with Crippen molar-refractivity contribution in [3.05, 3.63) is 89.7 Å². The van der Waals surface area contributed by atoms with Crippen LogP contribution in [0, 0.1) is 5.82 Å². The fourth-order valence-corrected chi connectivity index (χ4v) is 3.05. The van der Waals surface area contributed by atoms with Crippen LogP contribution in [0.25, 0.3) is 22.8 Å². The molecule has 0 bridgehead atoms. The predicted octanol–water partition coefficient (Wildman–Crippen LogP) is 4.54. The first kappa shape index (κ1) is 20.3. The maximum Gasteiger partial charge on any atom is 0.258 e. The molecule has 4 rings (SSSR count). The van der Waals surface area contributed by atoms with E-state index < -0.39 is 0 Å². The van der Waals surface area contributed by atoms with Crippen molar-refractivity contribution in [1.29, 1.82) is 0 Å². The van der Waals surface area contributed by atoms with E-state index in [9.17, 15) is 9.18 Å². The summed E-state index contributed by atoms with van der Waals surface area (Å²) in [4.78, 5) is 18.8. The molecule has 1 aromatic heterocycles. The van der Waals surface area contributed by atoms with E-state index in [1.54, 1.807) is 36.4 Å².